The Balaban J connectivity index is 1.86. The maximum absolute atomic E-state index is 12.7. The second-order valence-electron chi connectivity index (χ2n) is 7.03. The summed E-state index contributed by atoms with van der Waals surface area (Å²) < 4.78 is 37.0. The number of benzene rings is 1. The fourth-order valence-electron chi connectivity index (χ4n) is 2.67. The van der Waals surface area contributed by atoms with Gasteiger partial charge in [-0.1, -0.05) is 6.92 Å². The Bertz CT molecular complexity index is 1170. The highest BCUT2D eigenvalue weighted by Crippen LogP contribution is 2.29. The van der Waals surface area contributed by atoms with Crippen LogP contribution in [0.5, 0.6) is 17.2 Å². The van der Waals surface area contributed by atoms with Crippen molar-refractivity contribution in [1.29, 1.82) is 0 Å². The van der Waals surface area contributed by atoms with E-state index in [1.54, 1.807) is 49.1 Å². The third kappa shape index (κ3) is 5.82. The Morgan fingerprint density at radius 2 is 1.87 bits per heavy atom. The number of hydrogen-bond acceptors (Lipinski definition) is 7. The van der Waals surface area contributed by atoms with Crippen molar-refractivity contribution in [2.75, 3.05) is 11.1 Å². The number of amides is 1. The van der Waals surface area contributed by atoms with Gasteiger partial charge < -0.3 is 14.8 Å². The topological polar surface area (TPSA) is 112 Å². The molecule has 0 aliphatic carbocycles. The van der Waals surface area contributed by atoms with Crippen LogP contribution >= 0.6 is 0 Å². The summed E-state index contributed by atoms with van der Waals surface area (Å²) in [6, 6.07) is 9.40. The lowest BCUT2D eigenvalue weighted by Crippen LogP contribution is -2.13. The summed E-state index contributed by atoms with van der Waals surface area (Å²) in [6.45, 7) is 5.30. The molecule has 0 aliphatic heterocycles. The van der Waals surface area contributed by atoms with Crippen molar-refractivity contribution in [3.63, 3.8) is 0 Å². The summed E-state index contributed by atoms with van der Waals surface area (Å²) in [4.78, 5) is 16.7. The van der Waals surface area contributed by atoms with Crippen molar-refractivity contribution >= 4 is 21.6 Å². The zero-order valence-electron chi connectivity index (χ0n) is 17.7. The molecule has 164 valence electrons. The van der Waals surface area contributed by atoms with E-state index in [4.69, 9.17) is 9.47 Å². The van der Waals surface area contributed by atoms with Gasteiger partial charge in [-0.2, -0.15) is 5.10 Å². The van der Waals surface area contributed by atoms with Gasteiger partial charge in [0.1, 0.15) is 17.2 Å². The Hall–Kier alpha value is -3.40. The lowest BCUT2D eigenvalue weighted by Gasteiger charge is -2.14. The maximum Gasteiger partial charge on any atom is 0.257 e. The number of ether oxygens (including phenoxy) is 2. The first kappa shape index (κ1) is 22.3. The number of carbonyl (C=O) groups excluding carboxylic acids is 1. The molecule has 0 atom stereocenters. The summed E-state index contributed by atoms with van der Waals surface area (Å²) in [6.07, 6.45) is 2.94. The van der Waals surface area contributed by atoms with Crippen molar-refractivity contribution in [3.8, 4) is 17.2 Å². The first-order chi connectivity index (χ1) is 14.7. The summed E-state index contributed by atoms with van der Waals surface area (Å²) in [7, 11) is -1.65. The quantitative estimate of drug-likeness (QED) is 0.566. The lowest BCUT2D eigenvalue weighted by molar-refractivity contribution is 0.102. The van der Waals surface area contributed by atoms with Crippen LogP contribution in [-0.2, 0) is 16.9 Å². The number of nitrogens with zero attached hydrogens (tertiary/aromatic N) is 3. The molecule has 0 unspecified atom stereocenters. The standard InChI is InChI=1S/C21H24N4O5S/c1-5-31(27,28)20-7-6-16(13-22-20)30-18-11-15(10-17(12-18)29-14(2)3)21(26)23-19-8-9-25(4)24-19/h6-14H,5H2,1-4H3,(H,23,24,26). The van der Waals surface area contributed by atoms with Gasteiger partial charge in [0.05, 0.1) is 18.1 Å². The molecule has 0 saturated carbocycles. The smallest absolute Gasteiger partial charge is 0.257 e. The minimum absolute atomic E-state index is 0.0188. The van der Waals surface area contributed by atoms with Gasteiger partial charge in [0.2, 0.25) is 0 Å². The number of nitrogens with one attached hydrogen (secondary N) is 1. The van der Waals surface area contributed by atoms with Crippen molar-refractivity contribution in [2.24, 2.45) is 7.05 Å². The molecule has 31 heavy (non-hydrogen) atoms. The average Bonchev–Trinajstić information content (AvgIpc) is 3.12. The molecule has 10 heteroatoms. The van der Waals surface area contributed by atoms with Crippen LogP contribution in [0, 0.1) is 0 Å². The monoisotopic (exact) mass is 444 g/mol. The fraction of sp³-hybridized carbons (Fsp3) is 0.286. The first-order valence-electron chi connectivity index (χ1n) is 9.65. The van der Waals surface area contributed by atoms with Crippen LogP contribution in [0.4, 0.5) is 5.82 Å². The van der Waals surface area contributed by atoms with Gasteiger partial charge in [-0.05, 0) is 38.1 Å². The van der Waals surface area contributed by atoms with Gasteiger partial charge in [-0.15, -0.1) is 0 Å². The average molecular weight is 445 g/mol. The van der Waals surface area contributed by atoms with Crippen LogP contribution in [0.15, 0.2) is 53.8 Å². The number of aromatic nitrogens is 3. The van der Waals surface area contributed by atoms with Crippen molar-refractivity contribution in [1.82, 2.24) is 14.8 Å². The number of rotatable bonds is 8. The van der Waals surface area contributed by atoms with E-state index in [0.717, 1.165) is 0 Å². The molecule has 0 radical (unpaired) electrons. The summed E-state index contributed by atoms with van der Waals surface area (Å²) in [5.41, 5.74) is 0.317. The highest BCUT2D eigenvalue weighted by molar-refractivity contribution is 7.91. The van der Waals surface area contributed by atoms with E-state index in [9.17, 15) is 13.2 Å². The second-order valence-corrected chi connectivity index (χ2v) is 9.25. The van der Waals surface area contributed by atoms with Crippen LogP contribution < -0.4 is 14.8 Å². The van der Waals surface area contributed by atoms with Gasteiger partial charge in [0.25, 0.3) is 5.91 Å². The molecule has 3 aromatic rings. The fourth-order valence-corrected chi connectivity index (χ4v) is 3.45. The van der Waals surface area contributed by atoms with E-state index in [2.05, 4.69) is 15.4 Å². The van der Waals surface area contributed by atoms with E-state index >= 15 is 0 Å². The van der Waals surface area contributed by atoms with Gasteiger partial charge in [-0.25, -0.2) is 13.4 Å². The predicted octanol–water partition coefficient (Wildman–Crippen LogP) is 3.44. The highest BCUT2D eigenvalue weighted by Gasteiger charge is 2.15. The van der Waals surface area contributed by atoms with E-state index in [-0.39, 0.29) is 22.8 Å². The number of sulfone groups is 1. The zero-order chi connectivity index (χ0) is 22.6. The Labute approximate surface area is 180 Å². The molecule has 0 fully saturated rings. The molecule has 2 heterocycles. The van der Waals surface area contributed by atoms with Crippen molar-refractivity contribution in [2.45, 2.75) is 31.9 Å². The normalized spacial score (nSPS) is 11.4. The SMILES string of the molecule is CCS(=O)(=O)c1ccc(Oc2cc(OC(C)C)cc(C(=O)Nc3ccn(C)n3)c2)cn1. The first-order valence-corrected chi connectivity index (χ1v) is 11.3. The molecule has 3 rings (SSSR count). The number of aryl methyl sites for hydroxylation is 1. The summed E-state index contributed by atoms with van der Waals surface area (Å²) >= 11 is 0. The molecule has 1 amide bonds. The van der Waals surface area contributed by atoms with Crippen LogP contribution in [0.3, 0.4) is 0 Å². The lowest BCUT2D eigenvalue weighted by atomic mass is 10.2. The predicted molar refractivity (Wildman–Crippen MR) is 115 cm³/mol. The van der Waals surface area contributed by atoms with Crippen LogP contribution in [-0.4, -0.2) is 40.9 Å². The zero-order valence-corrected chi connectivity index (χ0v) is 18.5. The van der Waals surface area contributed by atoms with Gasteiger partial charge in [0.15, 0.2) is 20.7 Å². The van der Waals surface area contributed by atoms with Crippen molar-refractivity contribution in [3.05, 3.63) is 54.4 Å². The summed E-state index contributed by atoms with van der Waals surface area (Å²) in [5.74, 6) is 1.13. The van der Waals surface area contributed by atoms with Gasteiger partial charge in [0, 0.05) is 30.9 Å². The molecule has 0 spiro atoms. The molecular formula is C21H24N4O5S. The van der Waals surface area contributed by atoms with Crippen molar-refractivity contribution < 1.29 is 22.7 Å². The second kappa shape index (κ2) is 9.17. The molecule has 0 aliphatic rings. The van der Waals surface area contributed by atoms with Crippen LogP contribution in [0.2, 0.25) is 0 Å². The molecule has 2 aromatic heterocycles. The Morgan fingerprint density at radius 3 is 2.45 bits per heavy atom. The van der Waals surface area contributed by atoms with E-state index in [0.29, 0.717) is 28.6 Å². The van der Waals surface area contributed by atoms with E-state index in [1.807, 2.05) is 13.8 Å². The third-order valence-electron chi connectivity index (χ3n) is 4.11. The molecule has 0 bridgehead atoms. The number of hydrogen-bond donors (Lipinski definition) is 1. The molecule has 1 aromatic carbocycles. The van der Waals surface area contributed by atoms with E-state index < -0.39 is 9.84 Å². The van der Waals surface area contributed by atoms with Crippen LogP contribution in [0.25, 0.3) is 0 Å². The van der Waals surface area contributed by atoms with Gasteiger partial charge >= 0.3 is 0 Å². The number of pyridine rings is 1. The van der Waals surface area contributed by atoms with Gasteiger partial charge in [-0.3, -0.25) is 9.48 Å². The Kier molecular flexibility index (Phi) is 6.59. The molecular weight excluding hydrogens is 420 g/mol. The molecule has 0 saturated heterocycles. The number of carbonyl (C=O) groups is 1. The maximum atomic E-state index is 12.7. The summed E-state index contributed by atoms with van der Waals surface area (Å²) in [5, 5.41) is 6.84. The minimum atomic E-state index is -3.40. The van der Waals surface area contributed by atoms with Crippen LogP contribution in [0.1, 0.15) is 31.1 Å². The molecule has 1 N–H and O–H groups in total. The largest absolute Gasteiger partial charge is 0.491 e. The molecule has 9 nitrogen and oxygen atoms in total. The Morgan fingerprint density at radius 1 is 1.13 bits per heavy atom. The minimum Gasteiger partial charge on any atom is -0.491 e. The highest BCUT2D eigenvalue weighted by atomic mass is 32.2. The number of anilines is 1. The van der Waals surface area contributed by atoms with E-state index in [1.165, 1.54) is 18.3 Å². The third-order valence-corrected chi connectivity index (χ3v) is 5.75.